The van der Waals surface area contributed by atoms with Crippen LogP contribution in [-0.2, 0) is 14.3 Å². The Hall–Kier alpha value is -1.01. The number of nitrogens with two attached hydrogens (primary N) is 1. The lowest BCUT2D eigenvalue weighted by Gasteiger charge is -2.21. The van der Waals surface area contributed by atoms with E-state index in [1.54, 1.807) is 0 Å². The van der Waals surface area contributed by atoms with Gasteiger partial charge in [-0.1, -0.05) is 23.2 Å². The van der Waals surface area contributed by atoms with E-state index in [1.807, 2.05) is 0 Å². The summed E-state index contributed by atoms with van der Waals surface area (Å²) in [5.41, 5.74) is 6.46. The zero-order valence-corrected chi connectivity index (χ0v) is 13.0. The minimum atomic E-state index is -0.294. The van der Waals surface area contributed by atoms with Crippen LogP contribution < -0.4 is 11.1 Å². The van der Waals surface area contributed by atoms with Crippen molar-refractivity contribution in [1.82, 2.24) is 0 Å². The van der Waals surface area contributed by atoms with Crippen LogP contribution in [-0.4, -0.2) is 32.3 Å². The minimum absolute atomic E-state index is 0.0320. The van der Waals surface area contributed by atoms with Crippen LogP contribution in [0.15, 0.2) is 12.1 Å². The molecule has 0 saturated carbocycles. The van der Waals surface area contributed by atoms with Gasteiger partial charge in [-0.25, -0.2) is 0 Å². The third-order valence-corrected chi connectivity index (χ3v) is 3.79. The van der Waals surface area contributed by atoms with Gasteiger partial charge in [-0.3, -0.25) is 4.79 Å². The molecule has 7 heteroatoms. The minimum Gasteiger partial charge on any atom is -0.397 e. The Balaban J connectivity index is 1.79. The molecule has 0 spiro atoms. The topological polar surface area (TPSA) is 73.6 Å². The van der Waals surface area contributed by atoms with E-state index in [0.717, 1.165) is 26.1 Å². The van der Waals surface area contributed by atoms with Crippen LogP contribution in [0.4, 0.5) is 11.4 Å². The first-order chi connectivity index (χ1) is 10.1. The molecule has 0 atom stereocenters. The summed E-state index contributed by atoms with van der Waals surface area (Å²) in [5.74, 6) is 0.161. The molecule has 0 aliphatic carbocycles. The predicted octanol–water partition coefficient (Wildman–Crippen LogP) is 2.96. The van der Waals surface area contributed by atoms with Crippen molar-refractivity contribution in [3.63, 3.8) is 0 Å². The van der Waals surface area contributed by atoms with E-state index in [1.165, 1.54) is 12.1 Å². The Morgan fingerprint density at radius 3 is 2.76 bits per heavy atom. The normalized spacial score (nSPS) is 15.9. The number of carbonyl (C=O) groups is 1. The van der Waals surface area contributed by atoms with Crippen molar-refractivity contribution < 1.29 is 14.3 Å². The molecule has 1 fully saturated rings. The van der Waals surface area contributed by atoms with E-state index in [4.69, 9.17) is 38.4 Å². The Labute approximate surface area is 133 Å². The molecule has 0 radical (unpaired) electrons. The number of nitrogens with one attached hydrogen (secondary N) is 1. The lowest BCUT2D eigenvalue weighted by Crippen LogP contribution is -2.24. The highest BCUT2D eigenvalue weighted by atomic mass is 35.5. The first-order valence-electron chi connectivity index (χ1n) is 6.76. The third kappa shape index (κ3) is 5.04. The van der Waals surface area contributed by atoms with Crippen LogP contribution in [0.1, 0.15) is 12.8 Å². The molecule has 1 aromatic rings. The Bertz CT molecular complexity index is 482. The van der Waals surface area contributed by atoms with E-state index in [-0.39, 0.29) is 12.5 Å². The second-order valence-electron chi connectivity index (χ2n) is 4.97. The number of nitrogen functional groups attached to an aromatic ring is 1. The van der Waals surface area contributed by atoms with Gasteiger partial charge in [0.25, 0.3) is 0 Å². The Morgan fingerprint density at radius 1 is 1.38 bits per heavy atom. The van der Waals surface area contributed by atoms with Gasteiger partial charge in [0.05, 0.1) is 23.0 Å². The fraction of sp³-hybridized carbons (Fsp3) is 0.500. The standard InChI is InChI=1S/C14H18Cl2N2O3/c15-10-5-11(16)14(12(17)6-10)18-13(19)8-21-7-9-1-3-20-4-2-9/h5-6,9H,1-4,7-8,17H2,(H,18,19). The molecule has 21 heavy (non-hydrogen) atoms. The second-order valence-corrected chi connectivity index (χ2v) is 5.81. The van der Waals surface area contributed by atoms with Crippen molar-refractivity contribution in [2.45, 2.75) is 12.8 Å². The van der Waals surface area contributed by atoms with Crippen molar-refractivity contribution in [2.75, 3.05) is 37.5 Å². The summed E-state index contributed by atoms with van der Waals surface area (Å²) < 4.78 is 10.7. The van der Waals surface area contributed by atoms with E-state index in [9.17, 15) is 4.79 Å². The summed E-state index contributed by atoms with van der Waals surface area (Å²) >= 11 is 11.8. The third-order valence-electron chi connectivity index (χ3n) is 3.28. The highest BCUT2D eigenvalue weighted by molar-refractivity contribution is 6.37. The van der Waals surface area contributed by atoms with Gasteiger partial charge in [0.15, 0.2) is 0 Å². The maximum absolute atomic E-state index is 11.8. The molecule has 1 saturated heterocycles. The quantitative estimate of drug-likeness (QED) is 0.813. The molecule has 1 aliphatic heterocycles. The smallest absolute Gasteiger partial charge is 0.250 e. The van der Waals surface area contributed by atoms with Crippen molar-refractivity contribution in [2.24, 2.45) is 5.92 Å². The second kappa shape index (κ2) is 7.84. The van der Waals surface area contributed by atoms with E-state index < -0.39 is 0 Å². The van der Waals surface area contributed by atoms with Crippen LogP contribution >= 0.6 is 23.2 Å². The maximum atomic E-state index is 11.8. The number of ether oxygens (including phenoxy) is 2. The lowest BCUT2D eigenvalue weighted by molar-refractivity contribution is -0.121. The van der Waals surface area contributed by atoms with Gasteiger partial charge in [-0.15, -0.1) is 0 Å². The van der Waals surface area contributed by atoms with Crippen molar-refractivity contribution in [1.29, 1.82) is 0 Å². The summed E-state index contributed by atoms with van der Waals surface area (Å²) in [5, 5.41) is 3.37. The monoisotopic (exact) mass is 332 g/mol. The molecule has 3 N–H and O–H groups in total. The molecule has 0 aromatic heterocycles. The number of rotatable bonds is 5. The number of benzene rings is 1. The van der Waals surface area contributed by atoms with Gasteiger partial charge in [-0.2, -0.15) is 0 Å². The van der Waals surface area contributed by atoms with E-state index >= 15 is 0 Å². The van der Waals surface area contributed by atoms with Crippen LogP contribution in [0.5, 0.6) is 0 Å². The van der Waals surface area contributed by atoms with Gasteiger partial charge in [0, 0.05) is 18.2 Å². The van der Waals surface area contributed by atoms with Crippen molar-refractivity contribution in [3.8, 4) is 0 Å². The largest absolute Gasteiger partial charge is 0.397 e. The van der Waals surface area contributed by atoms with E-state index in [2.05, 4.69) is 5.32 Å². The molecule has 116 valence electrons. The molecule has 1 heterocycles. The molecule has 5 nitrogen and oxygen atoms in total. The average Bonchev–Trinajstić information content (AvgIpc) is 2.44. The number of carbonyl (C=O) groups excluding carboxylic acids is 1. The molecule has 1 aromatic carbocycles. The number of hydrogen-bond donors (Lipinski definition) is 2. The highest BCUT2D eigenvalue weighted by Gasteiger charge is 2.15. The average molecular weight is 333 g/mol. The molecular weight excluding hydrogens is 315 g/mol. The Morgan fingerprint density at radius 2 is 2.10 bits per heavy atom. The summed E-state index contributed by atoms with van der Waals surface area (Å²) in [4.78, 5) is 11.8. The fourth-order valence-electron chi connectivity index (χ4n) is 2.13. The van der Waals surface area contributed by atoms with Crippen LogP contribution in [0.2, 0.25) is 10.0 Å². The van der Waals surface area contributed by atoms with Crippen LogP contribution in [0, 0.1) is 5.92 Å². The number of amides is 1. The Kier molecular flexibility index (Phi) is 6.11. The zero-order chi connectivity index (χ0) is 15.2. The predicted molar refractivity (Wildman–Crippen MR) is 83.9 cm³/mol. The molecule has 0 bridgehead atoms. The highest BCUT2D eigenvalue weighted by Crippen LogP contribution is 2.31. The fourth-order valence-corrected chi connectivity index (χ4v) is 2.69. The summed E-state index contributed by atoms with van der Waals surface area (Å²) in [6.45, 7) is 2.05. The zero-order valence-electron chi connectivity index (χ0n) is 11.5. The van der Waals surface area contributed by atoms with Gasteiger partial charge < -0.3 is 20.5 Å². The molecule has 1 amide bonds. The van der Waals surface area contributed by atoms with E-state index in [0.29, 0.717) is 33.9 Å². The summed E-state index contributed by atoms with van der Waals surface area (Å²) in [6.07, 6.45) is 1.94. The SMILES string of the molecule is Nc1cc(Cl)cc(Cl)c1NC(=O)COCC1CCOCC1. The lowest BCUT2D eigenvalue weighted by atomic mass is 10.0. The molecule has 0 unspecified atom stereocenters. The number of hydrogen-bond acceptors (Lipinski definition) is 4. The first-order valence-corrected chi connectivity index (χ1v) is 7.51. The van der Waals surface area contributed by atoms with Crippen molar-refractivity contribution >= 4 is 40.5 Å². The van der Waals surface area contributed by atoms with Crippen molar-refractivity contribution in [3.05, 3.63) is 22.2 Å². The van der Waals surface area contributed by atoms with Gasteiger partial charge in [0.1, 0.15) is 6.61 Å². The molecule has 1 aliphatic rings. The number of anilines is 2. The maximum Gasteiger partial charge on any atom is 0.250 e. The van der Waals surface area contributed by atoms with Gasteiger partial charge >= 0.3 is 0 Å². The van der Waals surface area contributed by atoms with Gasteiger partial charge in [-0.05, 0) is 30.9 Å². The van der Waals surface area contributed by atoms with Crippen LogP contribution in [0.3, 0.4) is 0 Å². The summed E-state index contributed by atoms with van der Waals surface area (Å²) in [7, 11) is 0. The van der Waals surface area contributed by atoms with Gasteiger partial charge in [0.2, 0.25) is 5.91 Å². The first kappa shape index (κ1) is 16.4. The molecule has 2 rings (SSSR count). The molecular formula is C14H18Cl2N2O3. The van der Waals surface area contributed by atoms with Crippen LogP contribution in [0.25, 0.3) is 0 Å². The summed E-state index contributed by atoms with van der Waals surface area (Å²) in [6, 6.07) is 3.06. The number of halogens is 2.